The molecule has 0 aromatic carbocycles. The summed E-state index contributed by atoms with van der Waals surface area (Å²) in [7, 11) is 0. The zero-order valence-electron chi connectivity index (χ0n) is 7.21. The van der Waals surface area contributed by atoms with Crippen molar-refractivity contribution >= 4 is 15.9 Å². The predicted molar refractivity (Wildman–Crippen MR) is 47.8 cm³/mol. The Balaban J connectivity index is 2.40. The summed E-state index contributed by atoms with van der Waals surface area (Å²) >= 11 is 3.43. The van der Waals surface area contributed by atoms with E-state index in [0.29, 0.717) is 12.0 Å². The van der Waals surface area contributed by atoms with Crippen molar-refractivity contribution in [2.45, 2.75) is 38.0 Å². The van der Waals surface area contributed by atoms with Gasteiger partial charge in [0.05, 0.1) is 17.5 Å². The van der Waals surface area contributed by atoms with E-state index in [1.54, 1.807) is 0 Å². The number of hydrogen-bond donors (Lipinski definition) is 0. The molecule has 0 aromatic rings. The first-order valence-corrected chi connectivity index (χ1v) is 4.94. The standard InChI is InChI=1S/C8H15BrO2/c1-5-4-10-8(6(2)9)11-7(5)3/h5-8H,4H2,1-3H3. The first kappa shape index (κ1) is 9.49. The quantitative estimate of drug-likeness (QED) is 0.634. The summed E-state index contributed by atoms with van der Waals surface area (Å²) in [4.78, 5) is 0.275. The van der Waals surface area contributed by atoms with Crippen molar-refractivity contribution in [2.75, 3.05) is 6.61 Å². The van der Waals surface area contributed by atoms with Gasteiger partial charge in [0, 0.05) is 5.92 Å². The van der Waals surface area contributed by atoms with Crippen molar-refractivity contribution in [3.63, 3.8) is 0 Å². The van der Waals surface area contributed by atoms with E-state index in [2.05, 4.69) is 29.8 Å². The molecular weight excluding hydrogens is 208 g/mol. The molecule has 0 bridgehead atoms. The van der Waals surface area contributed by atoms with E-state index in [-0.39, 0.29) is 11.1 Å². The van der Waals surface area contributed by atoms with Crippen molar-refractivity contribution in [3.8, 4) is 0 Å². The van der Waals surface area contributed by atoms with Gasteiger partial charge in [-0.3, -0.25) is 0 Å². The molecule has 1 rings (SSSR count). The highest BCUT2D eigenvalue weighted by atomic mass is 79.9. The Bertz CT molecular complexity index is 127. The summed E-state index contributed by atoms with van der Waals surface area (Å²) in [5, 5.41) is 0. The summed E-state index contributed by atoms with van der Waals surface area (Å²) in [6.45, 7) is 7.07. The number of hydrogen-bond acceptors (Lipinski definition) is 2. The Morgan fingerprint density at radius 2 is 2.09 bits per heavy atom. The fourth-order valence-electron chi connectivity index (χ4n) is 1.01. The molecule has 4 unspecified atom stereocenters. The Kier molecular flexibility index (Phi) is 3.34. The minimum atomic E-state index is -0.0683. The van der Waals surface area contributed by atoms with Crippen LogP contribution in [0.15, 0.2) is 0 Å². The highest BCUT2D eigenvalue weighted by Gasteiger charge is 2.28. The smallest absolute Gasteiger partial charge is 0.170 e. The molecule has 66 valence electrons. The summed E-state index contributed by atoms with van der Waals surface area (Å²) in [6, 6.07) is 0. The van der Waals surface area contributed by atoms with Gasteiger partial charge in [0.25, 0.3) is 0 Å². The molecule has 3 heteroatoms. The molecule has 0 saturated carbocycles. The number of rotatable bonds is 1. The van der Waals surface area contributed by atoms with Crippen LogP contribution in [0.4, 0.5) is 0 Å². The highest BCUT2D eigenvalue weighted by Crippen LogP contribution is 2.22. The van der Waals surface area contributed by atoms with Crippen LogP contribution < -0.4 is 0 Å². The molecule has 0 radical (unpaired) electrons. The second-order valence-corrected chi connectivity index (χ2v) is 4.64. The average Bonchev–Trinajstić information content (AvgIpc) is 1.94. The van der Waals surface area contributed by atoms with E-state index in [9.17, 15) is 0 Å². The fraction of sp³-hybridized carbons (Fsp3) is 1.00. The van der Waals surface area contributed by atoms with Crippen LogP contribution in [0.2, 0.25) is 0 Å². The lowest BCUT2D eigenvalue weighted by Gasteiger charge is -2.34. The molecule has 1 saturated heterocycles. The Hall–Kier alpha value is 0.400. The monoisotopic (exact) mass is 222 g/mol. The number of alkyl halides is 1. The van der Waals surface area contributed by atoms with Crippen molar-refractivity contribution in [2.24, 2.45) is 5.92 Å². The maximum atomic E-state index is 5.59. The van der Waals surface area contributed by atoms with E-state index >= 15 is 0 Å². The molecule has 4 atom stereocenters. The molecule has 1 heterocycles. The maximum absolute atomic E-state index is 5.59. The van der Waals surface area contributed by atoms with Crippen LogP contribution in [-0.2, 0) is 9.47 Å². The third-order valence-electron chi connectivity index (χ3n) is 2.05. The third kappa shape index (κ3) is 2.42. The van der Waals surface area contributed by atoms with Gasteiger partial charge in [0.2, 0.25) is 0 Å². The van der Waals surface area contributed by atoms with E-state index in [1.807, 2.05) is 6.92 Å². The molecular formula is C8H15BrO2. The van der Waals surface area contributed by atoms with Gasteiger partial charge in [0.15, 0.2) is 6.29 Å². The van der Waals surface area contributed by atoms with Gasteiger partial charge in [-0.25, -0.2) is 0 Å². The lowest BCUT2D eigenvalue weighted by molar-refractivity contribution is -0.225. The van der Waals surface area contributed by atoms with Crippen LogP contribution in [0, 0.1) is 5.92 Å². The van der Waals surface area contributed by atoms with Gasteiger partial charge in [0.1, 0.15) is 0 Å². The minimum Gasteiger partial charge on any atom is -0.351 e. The van der Waals surface area contributed by atoms with Crippen molar-refractivity contribution in [3.05, 3.63) is 0 Å². The fourth-order valence-corrected chi connectivity index (χ4v) is 1.29. The van der Waals surface area contributed by atoms with Crippen LogP contribution in [0.5, 0.6) is 0 Å². The molecule has 0 aliphatic carbocycles. The van der Waals surface area contributed by atoms with Crippen LogP contribution >= 0.6 is 15.9 Å². The van der Waals surface area contributed by atoms with Gasteiger partial charge in [-0.2, -0.15) is 0 Å². The van der Waals surface area contributed by atoms with Crippen LogP contribution in [-0.4, -0.2) is 23.8 Å². The molecule has 2 nitrogen and oxygen atoms in total. The van der Waals surface area contributed by atoms with Gasteiger partial charge >= 0.3 is 0 Å². The van der Waals surface area contributed by atoms with E-state index < -0.39 is 0 Å². The largest absolute Gasteiger partial charge is 0.351 e. The summed E-state index contributed by atoms with van der Waals surface area (Å²) in [5.74, 6) is 0.512. The summed E-state index contributed by atoms with van der Waals surface area (Å²) < 4.78 is 11.0. The van der Waals surface area contributed by atoms with E-state index in [1.165, 1.54) is 0 Å². The SMILES string of the molecule is CC(Br)C1OCC(C)C(C)O1. The van der Waals surface area contributed by atoms with Gasteiger partial charge in [-0.05, 0) is 13.8 Å². The van der Waals surface area contributed by atoms with Crippen molar-refractivity contribution < 1.29 is 9.47 Å². The lowest BCUT2D eigenvalue weighted by Crippen LogP contribution is -2.40. The maximum Gasteiger partial charge on any atom is 0.170 e. The molecule has 1 fully saturated rings. The number of ether oxygens (including phenoxy) is 2. The van der Waals surface area contributed by atoms with Crippen LogP contribution in [0.3, 0.4) is 0 Å². The topological polar surface area (TPSA) is 18.5 Å². The molecule has 1 aliphatic rings. The third-order valence-corrected chi connectivity index (χ3v) is 2.48. The van der Waals surface area contributed by atoms with Gasteiger partial charge in [-0.1, -0.05) is 22.9 Å². The van der Waals surface area contributed by atoms with Crippen molar-refractivity contribution in [1.82, 2.24) is 0 Å². The molecule has 0 amide bonds. The first-order valence-electron chi connectivity index (χ1n) is 4.02. The average molecular weight is 223 g/mol. The molecule has 0 N–H and O–H groups in total. The zero-order valence-corrected chi connectivity index (χ0v) is 8.80. The number of halogens is 1. The zero-order chi connectivity index (χ0) is 8.43. The second kappa shape index (κ2) is 3.87. The van der Waals surface area contributed by atoms with Gasteiger partial charge < -0.3 is 9.47 Å². The Labute approximate surface area is 76.4 Å². The highest BCUT2D eigenvalue weighted by molar-refractivity contribution is 9.09. The van der Waals surface area contributed by atoms with Crippen LogP contribution in [0.25, 0.3) is 0 Å². The van der Waals surface area contributed by atoms with E-state index in [4.69, 9.17) is 9.47 Å². The Morgan fingerprint density at radius 1 is 1.45 bits per heavy atom. The normalized spacial score (nSPS) is 42.0. The Morgan fingerprint density at radius 3 is 2.55 bits per heavy atom. The lowest BCUT2D eigenvalue weighted by atomic mass is 10.1. The van der Waals surface area contributed by atoms with Gasteiger partial charge in [-0.15, -0.1) is 0 Å². The summed E-state index contributed by atoms with van der Waals surface area (Å²) in [6.07, 6.45) is 0.245. The van der Waals surface area contributed by atoms with Crippen LogP contribution in [0.1, 0.15) is 20.8 Å². The minimum absolute atomic E-state index is 0.0683. The molecule has 0 spiro atoms. The molecule has 1 aliphatic heterocycles. The predicted octanol–water partition coefficient (Wildman–Crippen LogP) is 2.17. The molecule has 0 aromatic heterocycles. The van der Waals surface area contributed by atoms with Crippen molar-refractivity contribution in [1.29, 1.82) is 0 Å². The van der Waals surface area contributed by atoms with E-state index in [0.717, 1.165) is 6.61 Å². The second-order valence-electron chi connectivity index (χ2n) is 3.20. The summed E-state index contributed by atoms with van der Waals surface area (Å²) in [5.41, 5.74) is 0. The molecule has 11 heavy (non-hydrogen) atoms. The first-order chi connectivity index (χ1) is 5.11.